The second kappa shape index (κ2) is 9.16. The summed E-state index contributed by atoms with van der Waals surface area (Å²) in [4.78, 5) is 2.47. The average molecular weight is 307 g/mol. The van der Waals surface area contributed by atoms with E-state index < -0.39 is 6.10 Å². The Morgan fingerprint density at radius 3 is 2.14 bits per heavy atom. The maximum atomic E-state index is 10.5. The molecule has 0 spiro atoms. The topological polar surface area (TPSA) is 32.7 Å². The highest BCUT2D eigenvalue weighted by Gasteiger charge is 2.14. The van der Waals surface area contributed by atoms with Gasteiger partial charge in [-0.15, -0.1) is 0 Å². The molecule has 3 nitrogen and oxygen atoms in total. The lowest BCUT2D eigenvalue weighted by Gasteiger charge is -2.27. The number of hydrogen-bond donors (Lipinski definition) is 1. The molecule has 1 atom stereocenters. The Bertz CT molecular complexity index is 433. The summed E-state index contributed by atoms with van der Waals surface area (Å²) >= 11 is 0. The first-order valence-electron chi connectivity index (χ1n) is 8.38. The van der Waals surface area contributed by atoms with Crippen LogP contribution in [0.15, 0.2) is 18.2 Å². The van der Waals surface area contributed by atoms with E-state index in [-0.39, 0.29) is 0 Å². The Labute approximate surface area is 136 Å². The van der Waals surface area contributed by atoms with Crippen molar-refractivity contribution in [1.82, 2.24) is 4.90 Å². The van der Waals surface area contributed by atoms with Gasteiger partial charge in [-0.2, -0.15) is 0 Å². The van der Waals surface area contributed by atoms with Crippen molar-refractivity contribution in [3.05, 3.63) is 29.3 Å². The van der Waals surface area contributed by atoms with E-state index in [9.17, 15) is 5.11 Å². The first-order valence-corrected chi connectivity index (χ1v) is 8.38. The van der Waals surface area contributed by atoms with Crippen LogP contribution in [0, 0.1) is 18.8 Å². The van der Waals surface area contributed by atoms with Crippen molar-refractivity contribution >= 4 is 0 Å². The van der Waals surface area contributed by atoms with Crippen LogP contribution in [0.25, 0.3) is 0 Å². The summed E-state index contributed by atoms with van der Waals surface area (Å²) in [5.41, 5.74) is 2.05. The smallest absolute Gasteiger partial charge is 0.121 e. The third kappa shape index (κ3) is 6.37. The third-order valence-electron chi connectivity index (χ3n) is 3.77. The monoisotopic (exact) mass is 307 g/mol. The van der Waals surface area contributed by atoms with Gasteiger partial charge in [0.15, 0.2) is 0 Å². The minimum absolute atomic E-state index is 0.411. The Hall–Kier alpha value is -1.06. The van der Waals surface area contributed by atoms with Gasteiger partial charge in [0.05, 0.1) is 13.2 Å². The molecule has 3 heteroatoms. The molecule has 1 unspecified atom stereocenters. The SMILES string of the molecule is COc1ccc(C(O)CCN(CC(C)C)CC(C)C)cc1C. The Kier molecular flexibility index (Phi) is 7.91. The minimum atomic E-state index is -0.411. The molecule has 0 fully saturated rings. The van der Waals surface area contributed by atoms with Gasteiger partial charge in [-0.1, -0.05) is 33.8 Å². The zero-order chi connectivity index (χ0) is 16.7. The molecule has 0 aliphatic carbocycles. The van der Waals surface area contributed by atoms with Crippen LogP contribution >= 0.6 is 0 Å². The number of hydrogen-bond acceptors (Lipinski definition) is 3. The molecule has 1 rings (SSSR count). The molecular weight excluding hydrogens is 274 g/mol. The molecule has 0 radical (unpaired) electrons. The van der Waals surface area contributed by atoms with E-state index >= 15 is 0 Å². The number of nitrogens with zero attached hydrogens (tertiary/aromatic N) is 1. The van der Waals surface area contributed by atoms with E-state index in [0.717, 1.165) is 42.9 Å². The van der Waals surface area contributed by atoms with E-state index in [1.54, 1.807) is 7.11 Å². The molecule has 0 amide bonds. The number of aryl methyl sites for hydroxylation is 1. The maximum absolute atomic E-state index is 10.5. The fourth-order valence-corrected chi connectivity index (χ4v) is 2.87. The minimum Gasteiger partial charge on any atom is -0.496 e. The van der Waals surface area contributed by atoms with E-state index in [2.05, 4.69) is 32.6 Å². The van der Waals surface area contributed by atoms with Crippen molar-refractivity contribution in [3.8, 4) is 5.75 Å². The molecule has 1 aromatic rings. The van der Waals surface area contributed by atoms with Crippen LogP contribution in [-0.4, -0.2) is 36.8 Å². The number of aliphatic hydroxyl groups excluding tert-OH is 1. The van der Waals surface area contributed by atoms with E-state index in [4.69, 9.17) is 4.74 Å². The fourth-order valence-electron chi connectivity index (χ4n) is 2.87. The van der Waals surface area contributed by atoms with Crippen LogP contribution in [0.3, 0.4) is 0 Å². The van der Waals surface area contributed by atoms with Crippen LogP contribution in [0.4, 0.5) is 0 Å². The molecule has 0 heterocycles. The van der Waals surface area contributed by atoms with Crippen LogP contribution in [0.1, 0.15) is 51.3 Å². The standard InChI is InChI=1S/C19H33NO2/c1-14(2)12-20(13-15(3)4)10-9-18(21)17-7-8-19(22-6)16(5)11-17/h7-8,11,14-15,18,21H,9-10,12-13H2,1-6H3. The first-order chi connectivity index (χ1) is 10.3. The van der Waals surface area contributed by atoms with Gasteiger partial charge in [-0.05, 0) is 48.4 Å². The second-order valence-corrected chi connectivity index (χ2v) is 7.08. The van der Waals surface area contributed by atoms with Crippen molar-refractivity contribution < 1.29 is 9.84 Å². The largest absolute Gasteiger partial charge is 0.496 e. The van der Waals surface area contributed by atoms with Gasteiger partial charge in [-0.25, -0.2) is 0 Å². The molecule has 126 valence electrons. The summed E-state index contributed by atoms with van der Waals surface area (Å²) in [6, 6.07) is 5.93. The van der Waals surface area contributed by atoms with E-state index in [1.165, 1.54) is 0 Å². The zero-order valence-corrected chi connectivity index (χ0v) is 15.1. The highest BCUT2D eigenvalue weighted by atomic mass is 16.5. The quantitative estimate of drug-likeness (QED) is 0.747. The maximum Gasteiger partial charge on any atom is 0.121 e. The normalized spacial score (nSPS) is 13.2. The first kappa shape index (κ1) is 19.0. The van der Waals surface area contributed by atoms with Gasteiger partial charge >= 0.3 is 0 Å². The number of methoxy groups -OCH3 is 1. The van der Waals surface area contributed by atoms with Crippen molar-refractivity contribution in [3.63, 3.8) is 0 Å². The Morgan fingerprint density at radius 1 is 1.09 bits per heavy atom. The Morgan fingerprint density at radius 2 is 1.68 bits per heavy atom. The molecule has 1 aromatic carbocycles. The summed E-state index contributed by atoms with van der Waals surface area (Å²) in [7, 11) is 1.67. The molecule has 0 aliphatic rings. The van der Waals surface area contributed by atoms with Gasteiger partial charge in [0.25, 0.3) is 0 Å². The summed E-state index contributed by atoms with van der Waals surface area (Å²) in [6.07, 6.45) is 0.358. The van der Waals surface area contributed by atoms with Crippen LogP contribution in [0.5, 0.6) is 5.75 Å². The number of ether oxygens (including phenoxy) is 1. The summed E-state index contributed by atoms with van der Waals surface area (Å²) in [5, 5.41) is 10.5. The van der Waals surface area contributed by atoms with Crippen LogP contribution < -0.4 is 4.74 Å². The van der Waals surface area contributed by atoms with Gasteiger partial charge in [-0.3, -0.25) is 0 Å². The van der Waals surface area contributed by atoms with E-state index in [0.29, 0.717) is 11.8 Å². The molecule has 0 bridgehead atoms. The summed E-state index contributed by atoms with van der Waals surface area (Å²) in [6.45, 7) is 14.1. The predicted molar refractivity (Wildman–Crippen MR) is 93.4 cm³/mol. The van der Waals surface area contributed by atoms with Crippen molar-refractivity contribution in [2.24, 2.45) is 11.8 Å². The van der Waals surface area contributed by atoms with Gasteiger partial charge in [0.2, 0.25) is 0 Å². The zero-order valence-electron chi connectivity index (χ0n) is 15.1. The average Bonchev–Trinajstić information content (AvgIpc) is 2.43. The van der Waals surface area contributed by atoms with Gasteiger partial charge in [0.1, 0.15) is 5.75 Å². The molecule has 22 heavy (non-hydrogen) atoms. The summed E-state index contributed by atoms with van der Waals surface area (Å²) < 4.78 is 5.28. The third-order valence-corrected chi connectivity index (χ3v) is 3.77. The van der Waals surface area contributed by atoms with Crippen LogP contribution in [-0.2, 0) is 0 Å². The Balaban J connectivity index is 2.62. The number of aliphatic hydroxyl groups is 1. The molecule has 0 aliphatic heterocycles. The highest BCUT2D eigenvalue weighted by Crippen LogP contribution is 2.24. The van der Waals surface area contributed by atoms with Crippen molar-refractivity contribution in [2.75, 3.05) is 26.7 Å². The molecule has 1 N–H and O–H groups in total. The molecule has 0 saturated carbocycles. The number of rotatable bonds is 9. The van der Waals surface area contributed by atoms with Gasteiger partial charge in [0, 0.05) is 19.6 Å². The highest BCUT2D eigenvalue weighted by molar-refractivity contribution is 5.36. The van der Waals surface area contributed by atoms with Crippen molar-refractivity contribution in [1.29, 1.82) is 0 Å². The number of benzene rings is 1. The molecule has 0 saturated heterocycles. The summed E-state index contributed by atoms with van der Waals surface area (Å²) in [5.74, 6) is 2.18. The molecule has 0 aromatic heterocycles. The lowest BCUT2D eigenvalue weighted by Crippen LogP contribution is -2.33. The van der Waals surface area contributed by atoms with Crippen LogP contribution in [0.2, 0.25) is 0 Å². The lowest BCUT2D eigenvalue weighted by molar-refractivity contribution is 0.131. The molecular formula is C19H33NO2. The van der Waals surface area contributed by atoms with Gasteiger partial charge < -0.3 is 14.7 Å². The second-order valence-electron chi connectivity index (χ2n) is 7.08. The fraction of sp³-hybridized carbons (Fsp3) is 0.684. The van der Waals surface area contributed by atoms with Crippen molar-refractivity contribution in [2.45, 2.75) is 47.1 Å². The lowest BCUT2D eigenvalue weighted by atomic mass is 10.0. The van der Waals surface area contributed by atoms with E-state index in [1.807, 2.05) is 25.1 Å². The predicted octanol–water partition coefficient (Wildman–Crippen LogP) is 4.04.